The molecule has 1 saturated carbocycles. The van der Waals surface area contributed by atoms with Crippen molar-refractivity contribution < 1.29 is 9.53 Å². The molecule has 2 fully saturated rings. The number of rotatable bonds is 4. The number of carbonyl (C=O) groups excluding carboxylic acids is 1. The fourth-order valence-corrected chi connectivity index (χ4v) is 3.92. The van der Waals surface area contributed by atoms with Crippen molar-refractivity contribution in [3.8, 4) is 0 Å². The highest BCUT2D eigenvalue weighted by atomic mass is 16.6. The van der Waals surface area contributed by atoms with Crippen LogP contribution in [0.1, 0.15) is 59.3 Å². The van der Waals surface area contributed by atoms with Crippen molar-refractivity contribution >= 4 is 6.09 Å². The Labute approximate surface area is 134 Å². The summed E-state index contributed by atoms with van der Waals surface area (Å²) >= 11 is 0. The van der Waals surface area contributed by atoms with Crippen molar-refractivity contribution in [3.63, 3.8) is 0 Å². The van der Waals surface area contributed by atoms with E-state index in [1.807, 2.05) is 25.7 Å². The molecule has 0 radical (unpaired) electrons. The molecule has 5 nitrogen and oxygen atoms in total. The van der Waals surface area contributed by atoms with Crippen molar-refractivity contribution in [2.45, 2.75) is 77.0 Å². The predicted octanol–water partition coefficient (Wildman–Crippen LogP) is 2.49. The summed E-state index contributed by atoms with van der Waals surface area (Å²) in [5.74, 6) is 0.541. The molecular formula is C17H33N3O2. The Morgan fingerprint density at radius 3 is 2.68 bits per heavy atom. The third-order valence-corrected chi connectivity index (χ3v) is 4.79. The molecule has 3 unspecified atom stereocenters. The van der Waals surface area contributed by atoms with E-state index in [0.29, 0.717) is 24.5 Å². The van der Waals surface area contributed by atoms with Gasteiger partial charge in [-0.2, -0.15) is 0 Å². The normalized spacial score (nSPS) is 29.6. The number of amides is 1. The zero-order valence-electron chi connectivity index (χ0n) is 14.4. The highest BCUT2D eigenvalue weighted by Crippen LogP contribution is 2.35. The van der Waals surface area contributed by atoms with Gasteiger partial charge in [-0.25, -0.2) is 4.79 Å². The first-order valence-electron chi connectivity index (χ1n) is 8.85. The smallest absolute Gasteiger partial charge is 0.410 e. The molecule has 3 N–H and O–H groups in total. The minimum atomic E-state index is -0.425. The van der Waals surface area contributed by atoms with Gasteiger partial charge in [-0.1, -0.05) is 6.42 Å². The van der Waals surface area contributed by atoms with Crippen molar-refractivity contribution in [3.05, 3.63) is 0 Å². The van der Waals surface area contributed by atoms with Gasteiger partial charge in [0.1, 0.15) is 5.60 Å². The lowest BCUT2D eigenvalue weighted by Crippen LogP contribution is -2.53. The number of nitrogens with one attached hydrogen (secondary N) is 1. The van der Waals surface area contributed by atoms with E-state index in [0.717, 1.165) is 25.9 Å². The van der Waals surface area contributed by atoms with E-state index in [-0.39, 0.29) is 6.09 Å². The molecule has 0 aromatic carbocycles. The van der Waals surface area contributed by atoms with E-state index in [9.17, 15) is 4.79 Å². The van der Waals surface area contributed by atoms with Crippen molar-refractivity contribution in [1.82, 2.24) is 10.2 Å². The summed E-state index contributed by atoms with van der Waals surface area (Å²) in [4.78, 5) is 14.6. The second-order valence-electron chi connectivity index (χ2n) is 7.68. The number of nitrogens with two attached hydrogens (primary N) is 1. The molecule has 5 heteroatoms. The largest absolute Gasteiger partial charge is 0.444 e. The Bertz CT molecular complexity index is 367. The maximum Gasteiger partial charge on any atom is 0.410 e. The van der Waals surface area contributed by atoms with Gasteiger partial charge in [-0.15, -0.1) is 0 Å². The van der Waals surface area contributed by atoms with Crippen molar-refractivity contribution in [2.24, 2.45) is 11.7 Å². The third-order valence-electron chi connectivity index (χ3n) is 4.79. The number of nitrogens with zero attached hydrogens (tertiary/aromatic N) is 1. The topological polar surface area (TPSA) is 67.6 Å². The van der Waals surface area contributed by atoms with Crippen LogP contribution in [-0.4, -0.2) is 48.3 Å². The fraction of sp³-hybridized carbons (Fsp3) is 0.941. The average molecular weight is 311 g/mol. The van der Waals surface area contributed by atoms with E-state index >= 15 is 0 Å². The van der Waals surface area contributed by atoms with E-state index in [1.165, 1.54) is 25.7 Å². The van der Waals surface area contributed by atoms with Crippen LogP contribution >= 0.6 is 0 Å². The lowest BCUT2D eigenvalue weighted by atomic mass is 9.87. The second-order valence-corrected chi connectivity index (χ2v) is 7.68. The van der Waals surface area contributed by atoms with Gasteiger partial charge in [0, 0.05) is 31.7 Å². The van der Waals surface area contributed by atoms with Crippen LogP contribution in [0.4, 0.5) is 4.79 Å². The van der Waals surface area contributed by atoms with Crippen LogP contribution in [0, 0.1) is 5.92 Å². The maximum absolute atomic E-state index is 12.6. The Morgan fingerprint density at radius 2 is 2.00 bits per heavy atom. The highest BCUT2D eigenvalue weighted by molar-refractivity contribution is 5.68. The Hall–Kier alpha value is -0.810. The molecule has 0 spiro atoms. The molecule has 2 aliphatic rings. The molecule has 0 bridgehead atoms. The molecule has 3 atom stereocenters. The number of hydrogen-bond donors (Lipinski definition) is 2. The first-order valence-corrected chi connectivity index (χ1v) is 8.85. The summed E-state index contributed by atoms with van der Waals surface area (Å²) in [6.07, 6.45) is 6.90. The highest BCUT2D eigenvalue weighted by Gasteiger charge is 2.40. The molecule has 0 aromatic rings. The van der Waals surface area contributed by atoms with E-state index in [2.05, 4.69) is 5.32 Å². The number of ether oxygens (including phenoxy) is 1. The van der Waals surface area contributed by atoms with Crippen molar-refractivity contribution in [2.75, 3.05) is 19.6 Å². The standard InChI is InChI=1S/C17H33N3O2/c1-17(2,3)22-16(21)20-12-5-4-9-15(20)13-7-6-8-14(13)19-11-10-18/h13-15,19H,4-12,18H2,1-3H3. The lowest BCUT2D eigenvalue weighted by molar-refractivity contribution is -0.0000556. The Balaban J connectivity index is 2.03. The third kappa shape index (κ3) is 4.59. The quantitative estimate of drug-likeness (QED) is 0.837. The summed E-state index contributed by atoms with van der Waals surface area (Å²) in [7, 11) is 0. The van der Waals surface area contributed by atoms with Crippen LogP contribution in [0.15, 0.2) is 0 Å². The first kappa shape index (κ1) is 17.5. The van der Waals surface area contributed by atoms with Gasteiger partial charge >= 0.3 is 6.09 Å². The van der Waals surface area contributed by atoms with Gasteiger partial charge in [0.15, 0.2) is 0 Å². The maximum atomic E-state index is 12.6. The number of carbonyl (C=O) groups is 1. The minimum absolute atomic E-state index is 0.137. The average Bonchev–Trinajstić information content (AvgIpc) is 2.91. The first-order chi connectivity index (χ1) is 10.4. The van der Waals surface area contributed by atoms with E-state index in [1.54, 1.807) is 0 Å². The number of piperidine rings is 1. The number of hydrogen-bond acceptors (Lipinski definition) is 4. The molecule has 1 saturated heterocycles. The van der Waals surface area contributed by atoms with Crippen molar-refractivity contribution in [1.29, 1.82) is 0 Å². The molecule has 1 amide bonds. The molecule has 128 valence electrons. The number of likely N-dealkylation sites (tertiary alicyclic amines) is 1. The molecular weight excluding hydrogens is 278 g/mol. The minimum Gasteiger partial charge on any atom is -0.444 e. The molecule has 1 aliphatic heterocycles. The lowest BCUT2D eigenvalue weighted by Gasteiger charge is -2.41. The van der Waals surface area contributed by atoms with Crippen LogP contribution < -0.4 is 11.1 Å². The van der Waals surface area contributed by atoms with Crippen LogP contribution in [0.3, 0.4) is 0 Å². The van der Waals surface area contributed by atoms with Crippen LogP contribution in [0.2, 0.25) is 0 Å². The fourth-order valence-electron chi connectivity index (χ4n) is 3.92. The Kier molecular flexibility index (Phi) is 6.09. The zero-order valence-corrected chi connectivity index (χ0v) is 14.4. The molecule has 1 aliphatic carbocycles. The van der Waals surface area contributed by atoms with E-state index < -0.39 is 5.60 Å². The van der Waals surface area contributed by atoms with Crippen LogP contribution in [0.25, 0.3) is 0 Å². The van der Waals surface area contributed by atoms with E-state index in [4.69, 9.17) is 10.5 Å². The Morgan fingerprint density at radius 1 is 1.23 bits per heavy atom. The van der Waals surface area contributed by atoms with Gasteiger partial charge in [0.05, 0.1) is 0 Å². The summed E-state index contributed by atoms with van der Waals surface area (Å²) in [6.45, 7) is 8.17. The molecule has 22 heavy (non-hydrogen) atoms. The SMILES string of the molecule is CC(C)(C)OC(=O)N1CCCCC1C1CCCC1NCCN. The monoisotopic (exact) mass is 311 g/mol. The predicted molar refractivity (Wildman–Crippen MR) is 88.8 cm³/mol. The van der Waals surface area contributed by atoms with Crippen LogP contribution in [0.5, 0.6) is 0 Å². The summed E-state index contributed by atoms with van der Waals surface area (Å²) in [5.41, 5.74) is 5.20. The molecule has 1 heterocycles. The van der Waals surface area contributed by atoms with Crippen LogP contribution in [-0.2, 0) is 4.74 Å². The summed E-state index contributed by atoms with van der Waals surface area (Å²) in [6, 6.07) is 0.818. The zero-order chi connectivity index (χ0) is 16.2. The molecule has 2 rings (SSSR count). The second kappa shape index (κ2) is 7.64. The van der Waals surface area contributed by atoms with Gasteiger partial charge in [-0.3, -0.25) is 0 Å². The van der Waals surface area contributed by atoms with Gasteiger partial charge in [0.2, 0.25) is 0 Å². The van der Waals surface area contributed by atoms with Gasteiger partial charge in [0.25, 0.3) is 0 Å². The molecule has 0 aromatic heterocycles. The van der Waals surface area contributed by atoms with Gasteiger partial charge < -0.3 is 20.7 Å². The summed E-state index contributed by atoms with van der Waals surface area (Å²) in [5, 5.41) is 3.58. The summed E-state index contributed by atoms with van der Waals surface area (Å²) < 4.78 is 5.63. The van der Waals surface area contributed by atoms with Gasteiger partial charge in [-0.05, 0) is 58.8 Å².